The normalized spacial score (nSPS) is 30.2. The van der Waals surface area contributed by atoms with E-state index in [9.17, 15) is 0 Å². The molecule has 1 saturated heterocycles. The van der Waals surface area contributed by atoms with Gasteiger partial charge in [0.2, 0.25) is 0 Å². The number of fused-ring (bicyclic) bond motifs is 1. The molecule has 1 aromatic rings. The van der Waals surface area contributed by atoms with Crippen molar-refractivity contribution < 1.29 is 0 Å². The number of hydrogen-bond acceptors (Lipinski definition) is 3. The molecule has 1 unspecified atom stereocenters. The average Bonchev–Trinajstić information content (AvgIpc) is 2.53. The third-order valence-corrected chi connectivity index (χ3v) is 3.96. The van der Waals surface area contributed by atoms with Gasteiger partial charge in [-0.15, -0.1) is 0 Å². The average molecular weight is 220 g/mol. The molecule has 4 nitrogen and oxygen atoms in total. The van der Waals surface area contributed by atoms with Crippen LogP contribution in [0.25, 0.3) is 0 Å². The van der Waals surface area contributed by atoms with Crippen LogP contribution in [0.4, 0.5) is 0 Å². The molecule has 88 valence electrons. The Morgan fingerprint density at radius 1 is 1.44 bits per heavy atom. The summed E-state index contributed by atoms with van der Waals surface area (Å²) in [6.07, 6.45) is 3.20. The molecule has 0 bridgehead atoms. The molecular formula is C12H20N4. The lowest BCUT2D eigenvalue weighted by Crippen LogP contribution is -2.64. The SMILES string of the molecule is CC(C)N1Cc2ccnn2CC2(CCN2)C1. The summed E-state index contributed by atoms with van der Waals surface area (Å²) in [6, 6.07) is 2.74. The molecule has 0 aromatic carbocycles. The Balaban J connectivity index is 1.92. The van der Waals surface area contributed by atoms with E-state index in [1.54, 1.807) is 0 Å². The molecule has 0 amide bonds. The number of rotatable bonds is 1. The maximum Gasteiger partial charge on any atom is 0.0608 e. The van der Waals surface area contributed by atoms with E-state index in [2.05, 4.69) is 39.9 Å². The highest BCUT2D eigenvalue weighted by Gasteiger charge is 2.41. The molecule has 1 aromatic heterocycles. The highest BCUT2D eigenvalue weighted by Crippen LogP contribution is 2.27. The monoisotopic (exact) mass is 220 g/mol. The summed E-state index contributed by atoms with van der Waals surface area (Å²) < 4.78 is 2.18. The Morgan fingerprint density at radius 3 is 2.88 bits per heavy atom. The maximum atomic E-state index is 4.44. The minimum Gasteiger partial charge on any atom is -0.308 e. The van der Waals surface area contributed by atoms with Crippen molar-refractivity contribution in [2.75, 3.05) is 13.1 Å². The second-order valence-electron chi connectivity index (χ2n) is 5.44. The van der Waals surface area contributed by atoms with Crippen molar-refractivity contribution in [2.24, 2.45) is 0 Å². The molecule has 1 fully saturated rings. The van der Waals surface area contributed by atoms with Gasteiger partial charge in [-0.05, 0) is 32.9 Å². The molecule has 0 radical (unpaired) electrons. The fraction of sp³-hybridized carbons (Fsp3) is 0.750. The van der Waals surface area contributed by atoms with Gasteiger partial charge in [-0.2, -0.15) is 5.10 Å². The van der Waals surface area contributed by atoms with Crippen molar-refractivity contribution in [3.8, 4) is 0 Å². The summed E-state index contributed by atoms with van der Waals surface area (Å²) in [5.41, 5.74) is 1.63. The van der Waals surface area contributed by atoms with Crippen molar-refractivity contribution in [1.82, 2.24) is 20.0 Å². The van der Waals surface area contributed by atoms with Crippen LogP contribution in [0.3, 0.4) is 0 Å². The zero-order valence-corrected chi connectivity index (χ0v) is 10.1. The van der Waals surface area contributed by atoms with E-state index in [1.807, 2.05) is 6.20 Å². The first-order valence-corrected chi connectivity index (χ1v) is 6.18. The number of aromatic nitrogens is 2. The first-order chi connectivity index (χ1) is 7.69. The van der Waals surface area contributed by atoms with Gasteiger partial charge in [-0.1, -0.05) is 0 Å². The molecule has 2 aliphatic heterocycles. The lowest BCUT2D eigenvalue weighted by atomic mass is 9.87. The van der Waals surface area contributed by atoms with Crippen LogP contribution in [0.2, 0.25) is 0 Å². The molecule has 0 saturated carbocycles. The zero-order valence-electron chi connectivity index (χ0n) is 10.1. The van der Waals surface area contributed by atoms with Crippen LogP contribution >= 0.6 is 0 Å². The lowest BCUT2D eigenvalue weighted by molar-refractivity contribution is 0.0941. The summed E-state index contributed by atoms with van der Waals surface area (Å²) in [4.78, 5) is 2.55. The van der Waals surface area contributed by atoms with E-state index >= 15 is 0 Å². The standard InChI is InChI=1S/C12H20N4/c1-10(2)15-7-11-3-5-14-16(11)9-12(8-15)4-6-13-12/h3,5,10,13H,4,6-9H2,1-2H3. The van der Waals surface area contributed by atoms with Crippen LogP contribution in [0.1, 0.15) is 26.0 Å². The molecular weight excluding hydrogens is 200 g/mol. The highest BCUT2D eigenvalue weighted by atomic mass is 15.3. The molecule has 3 rings (SSSR count). The van der Waals surface area contributed by atoms with Gasteiger partial charge in [0.15, 0.2) is 0 Å². The lowest BCUT2D eigenvalue weighted by Gasteiger charge is -2.45. The van der Waals surface area contributed by atoms with Crippen LogP contribution in [0.5, 0.6) is 0 Å². The smallest absolute Gasteiger partial charge is 0.0608 e. The molecule has 16 heavy (non-hydrogen) atoms. The van der Waals surface area contributed by atoms with E-state index in [-0.39, 0.29) is 5.54 Å². The summed E-state index contributed by atoms with van der Waals surface area (Å²) >= 11 is 0. The van der Waals surface area contributed by atoms with Gasteiger partial charge in [0, 0.05) is 25.3 Å². The maximum absolute atomic E-state index is 4.44. The predicted molar refractivity (Wildman–Crippen MR) is 63.1 cm³/mol. The van der Waals surface area contributed by atoms with E-state index in [4.69, 9.17) is 0 Å². The molecule has 1 N–H and O–H groups in total. The van der Waals surface area contributed by atoms with Crippen molar-refractivity contribution in [3.05, 3.63) is 18.0 Å². The first kappa shape index (κ1) is 10.3. The highest BCUT2D eigenvalue weighted by molar-refractivity contribution is 5.09. The van der Waals surface area contributed by atoms with Crippen molar-refractivity contribution in [1.29, 1.82) is 0 Å². The van der Waals surface area contributed by atoms with E-state index in [0.29, 0.717) is 6.04 Å². The van der Waals surface area contributed by atoms with E-state index in [1.165, 1.54) is 12.1 Å². The summed E-state index contributed by atoms with van der Waals surface area (Å²) in [5, 5.41) is 8.05. The Hall–Kier alpha value is -0.870. The number of nitrogens with one attached hydrogen (secondary N) is 1. The van der Waals surface area contributed by atoms with E-state index < -0.39 is 0 Å². The molecule has 4 heteroatoms. The van der Waals surface area contributed by atoms with Gasteiger partial charge in [0.1, 0.15) is 0 Å². The largest absolute Gasteiger partial charge is 0.308 e. The van der Waals surface area contributed by atoms with Crippen LogP contribution in [-0.4, -0.2) is 39.4 Å². The van der Waals surface area contributed by atoms with Gasteiger partial charge >= 0.3 is 0 Å². The third-order valence-electron chi connectivity index (χ3n) is 3.96. The molecule has 1 spiro atoms. The van der Waals surface area contributed by atoms with Gasteiger partial charge in [-0.25, -0.2) is 0 Å². The van der Waals surface area contributed by atoms with Crippen molar-refractivity contribution in [2.45, 2.75) is 44.9 Å². The fourth-order valence-electron chi connectivity index (χ4n) is 2.74. The summed E-state index contributed by atoms with van der Waals surface area (Å²) in [5.74, 6) is 0. The topological polar surface area (TPSA) is 33.1 Å². The molecule has 2 aliphatic rings. The quantitative estimate of drug-likeness (QED) is 0.761. The van der Waals surface area contributed by atoms with Crippen LogP contribution in [-0.2, 0) is 13.1 Å². The van der Waals surface area contributed by atoms with Crippen LogP contribution < -0.4 is 5.32 Å². The Labute approximate surface area is 96.6 Å². The van der Waals surface area contributed by atoms with Gasteiger partial charge in [-0.3, -0.25) is 9.58 Å². The van der Waals surface area contributed by atoms with Gasteiger partial charge in [0.25, 0.3) is 0 Å². The Morgan fingerprint density at radius 2 is 2.25 bits per heavy atom. The van der Waals surface area contributed by atoms with Crippen LogP contribution in [0.15, 0.2) is 12.3 Å². The second kappa shape index (κ2) is 3.57. The third kappa shape index (κ3) is 1.57. The van der Waals surface area contributed by atoms with Crippen molar-refractivity contribution >= 4 is 0 Å². The van der Waals surface area contributed by atoms with Gasteiger partial charge in [0.05, 0.1) is 17.8 Å². The summed E-state index contributed by atoms with van der Waals surface area (Å²) in [6.45, 7) is 8.91. The van der Waals surface area contributed by atoms with E-state index in [0.717, 1.165) is 26.2 Å². The molecule has 0 aliphatic carbocycles. The minimum absolute atomic E-state index is 0.279. The first-order valence-electron chi connectivity index (χ1n) is 6.18. The van der Waals surface area contributed by atoms with Crippen LogP contribution in [0, 0.1) is 0 Å². The summed E-state index contributed by atoms with van der Waals surface area (Å²) in [7, 11) is 0. The predicted octanol–water partition coefficient (Wildman–Crippen LogP) is 0.839. The Kier molecular flexibility index (Phi) is 2.30. The number of hydrogen-bond donors (Lipinski definition) is 1. The molecule has 1 atom stereocenters. The Bertz CT molecular complexity index is 378. The molecule has 3 heterocycles. The minimum atomic E-state index is 0.279. The fourth-order valence-corrected chi connectivity index (χ4v) is 2.74. The second-order valence-corrected chi connectivity index (χ2v) is 5.44. The zero-order chi connectivity index (χ0) is 11.2. The number of nitrogens with zero attached hydrogens (tertiary/aromatic N) is 3. The van der Waals surface area contributed by atoms with Gasteiger partial charge < -0.3 is 5.32 Å². The van der Waals surface area contributed by atoms with Crippen molar-refractivity contribution in [3.63, 3.8) is 0 Å².